The first-order valence-corrected chi connectivity index (χ1v) is 8.25. The quantitative estimate of drug-likeness (QED) is 0.676. The fraction of sp³-hybridized carbons (Fsp3) is 0.500. The SMILES string of the molecule is CC(C)C(O)CCNC(=O)NCc1cccc(N2CC=CC2)c1. The summed E-state index contributed by atoms with van der Waals surface area (Å²) >= 11 is 0. The summed E-state index contributed by atoms with van der Waals surface area (Å²) in [6.07, 6.45) is 4.51. The lowest BCUT2D eigenvalue weighted by atomic mass is 10.0. The van der Waals surface area contributed by atoms with Gasteiger partial charge in [0.05, 0.1) is 6.10 Å². The van der Waals surface area contributed by atoms with E-state index in [1.165, 1.54) is 5.69 Å². The molecule has 0 radical (unpaired) electrons. The lowest BCUT2D eigenvalue weighted by Gasteiger charge is -2.18. The van der Waals surface area contributed by atoms with Crippen molar-refractivity contribution in [3.63, 3.8) is 0 Å². The minimum atomic E-state index is -0.374. The molecule has 0 spiro atoms. The molecule has 23 heavy (non-hydrogen) atoms. The maximum Gasteiger partial charge on any atom is 0.315 e. The third kappa shape index (κ3) is 5.60. The molecule has 2 amide bonds. The number of aliphatic hydroxyl groups excluding tert-OH is 1. The van der Waals surface area contributed by atoms with E-state index in [1.54, 1.807) is 0 Å². The third-order valence-electron chi connectivity index (χ3n) is 4.04. The zero-order chi connectivity index (χ0) is 16.7. The van der Waals surface area contributed by atoms with Gasteiger partial charge in [-0.15, -0.1) is 0 Å². The summed E-state index contributed by atoms with van der Waals surface area (Å²) in [6.45, 7) is 6.78. The van der Waals surface area contributed by atoms with E-state index in [9.17, 15) is 9.90 Å². The average Bonchev–Trinajstić information content (AvgIpc) is 3.07. The van der Waals surface area contributed by atoms with Crippen LogP contribution in [0.3, 0.4) is 0 Å². The predicted molar refractivity (Wildman–Crippen MR) is 93.5 cm³/mol. The number of hydrogen-bond acceptors (Lipinski definition) is 3. The van der Waals surface area contributed by atoms with E-state index in [4.69, 9.17) is 0 Å². The fourth-order valence-electron chi connectivity index (χ4n) is 2.46. The highest BCUT2D eigenvalue weighted by Crippen LogP contribution is 2.18. The minimum absolute atomic E-state index is 0.200. The van der Waals surface area contributed by atoms with Gasteiger partial charge in [0.15, 0.2) is 0 Å². The van der Waals surface area contributed by atoms with Crippen LogP contribution in [0.2, 0.25) is 0 Å². The summed E-state index contributed by atoms with van der Waals surface area (Å²) in [6, 6.07) is 8.02. The van der Waals surface area contributed by atoms with E-state index in [1.807, 2.05) is 26.0 Å². The van der Waals surface area contributed by atoms with E-state index in [2.05, 4.69) is 39.8 Å². The van der Waals surface area contributed by atoms with Crippen LogP contribution >= 0.6 is 0 Å². The average molecular weight is 317 g/mol. The standard InChI is InChI=1S/C18H27N3O2/c1-14(2)17(22)8-9-19-18(23)20-13-15-6-5-7-16(12-15)21-10-3-4-11-21/h3-7,12,14,17,22H,8-11,13H2,1-2H3,(H2,19,20,23). The summed E-state index contributed by atoms with van der Waals surface area (Å²) in [5.41, 5.74) is 2.25. The molecule has 1 atom stereocenters. The van der Waals surface area contributed by atoms with Gasteiger partial charge in [0.25, 0.3) is 0 Å². The third-order valence-corrected chi connectivity index (χ3v) is 4.04. The van der Waals surface area contributed by atoms with Crippen LogP contribution < -0.4 is 15.5 Å². The van der Waals surface area contributed by atoms with Crippen molar-refractivity contribution in [2.45, 2.75) is 32.9 Å². The smallest absolute Gasteiger partial charge is 0.315 e. The number of hydrogen-bond donors (Lipinski definition) is 3. The Kier molecular flexibility index (Phi) is 6.47. The van der Waals surface area contributed by atoms with Crippen LogP contribution in [0.4, 0.5) is 10.5 Å². The second-order valence-electron chi connectivity index (χ2n) is 6.26. The Morgan fingerprint density at radius 1 is 1.26 bits per heavy atom. The van der Waals surface area contributed by atoms with E-state index >= 15 is 0 Å². The Hall–Kier alpha value is -2.01. The lowest BCUT2D eigenvalue weighted by Crippen LogP contribution is -2.37. The van der Waals surface area contributed by atoms with Crippen LogP contribution in [0.1, 0.15) is 25.8 Å². The minimum Gasteiger partial charge on any atom is -0.393 e. The van der Waals surface area contributed by atoms with Crippen molar-refractivity contribution in [3.05, 3.63) is 42.0 Å². The Balaban J connectivity index is 1.72. The molecule has 0 fully saturated rings. The number of urea groups is 1. The molecule has 0 aromatic heterocycles. The molecule has 0 aliphatic carbocycles. The number of carbonyl (C=O) groups excluding carboxylic acids is 1. The maximum absolute atomic E-state index is 11.8. The zero-order valence-corrected chi connectivity index (χ0v) is 14.0. The molecule has 126 valence electrons. The van der Waals surface area contributed by atoms with Gasteiger partial charge in [0.2, 0.25) is 0 Å². The molecule has 1 unspecified atom stereocenters. The number of nitrogens with one attached hydrogen (secondary N) is 2. The van der Waals surface area contributed by atoms with Crippen LogP contribution in [0.15, 0.2) is 36.4 Å². The number of anilines is 1. The van der Waals surface area contributed by atoms with Gasteiger partial charge in [-0.1, -0.05) is 38.1 Å². The largest absolute Gasteiger partial charge is 0.393 e. The maximum atomic E-state index is 11.8. The van der Waals surface area contributed by atoms with Crippen LogP contribution in [-0.4, -0.2) is 36.9 Å². The highest BCUT2D eigenvalue weighted by Gasteiger charge is 2.10. The van der Waals surface area contributed by atoms with Gasteiger partial charge in [-0.25, -0.2) is 4.79 Å². The normalized spacial score (nSPS) is 15.0. The number of nitrogens with zero attached hydrogens (tertiary/aromatic N) is 1. The Morgan fingerprint density at radius 2 is 2.00 bits per heavy atom. The highest BCUT2D eigenvalue weighted by molar-refractivity contribution is 5.73. The van der Waals surface area contributed by atoms with Crippen molar-refractivity contribution in [1.29, 1.82) is 0 Å². The molecule has 0 saturated heterocycles. The Bertz CT molecular complexity index is 535. The van der Waals surface area contributed by atoms with Crippen LogP contribution in [0.25, 0.3) is 0 Å². The second-order valence-corrected chi connectivity index (χ2v) is 6.26. The topological polar surface area (TPSA) is 64.6 Å². The highest BCUT2D eigenvalue weighted by atomic mass is 16.3. The first-order valence-electron chi connectivity index (χ1n) is 8.25. The molecular weight excluding hydrogens is 290 g/mol. The van der Waals surface area contributed by atoms with Crippen molar-refractivity contribution in [1.82, 2.24) is 10.6 Å². The van der Waals surface area contributed by atoms with Crippen LogP contribution in [-0.2, 0) is 6.54 Å². The second kappa shape index (κ2) is 8.58. The molecule has 2 rings (SSSR count). The van der Waals surface area contributed by atoms with Crippen molar-refractivity contribution < 1.29 is 9.90 Å². The van der Waals surface area contributed by atoms with E-state index in [0.717, 1.165) is 18.7 Å². The van der Waals surface area contributed by atoms with Crippen LogP contribution in [0.5, 0.6) is 0 Å². The molecular formula is C18H27N3O2. The molecule has 1 aromatic carbocycles. The van der Waals surface area contributed by atoms with Gasteiger partial charge >= 0.3 is 6.03 Å². The molecule has 1 aliphatic heterocycles. The number of carbonyl (C=O) groups is 1. The first-order chi connectivity index (χ1) is 11.1. The molecule has 1 heterocycles. The zero-order valence-electron chi connectivity index (χ0n) is 14.0. The number of benzene rings is 1. The number of aliphatic hydroxyl groups is 1. The van der Waals surface area contributed by atoms with Crippen molar-refractivity contribution in [3.8, 4) is 0 Å². The summed E-state index contributed by atoms with van der Waals surface area (Å²) in [5.74, 6) is 0.211. The summed E-state index contributed by atoms with van der Waals surface area (Å²) in [7, 11) is 0. The van der Waals surface area contributed by atoms with Gasteiger partial charge in [0.1, 0.15) is 0 Å². The summed E-state index contributed by atoms with van der Waals surface area (Å²) in [4.78, 5) is 14.1. The number of rotatable bonds is 7. The molecule has 5 nitrogen and oxygen atoms in total. The monoisotopic (exact) mass is 317 g/mol. The summed E-state index contributed by atoms with van der Waals surface area (Å²) < 4.78 is 0. The molecule has 5 heteroatoms. The van der Waals surface area contributed by atoms with Gasteiger partial charge in [-0.2, -0.15) is 0 Å². The lowest BCUT2D eigenvalue weighted by molar-refractivity contribution is 0.116. The fourth-order valence-corrected chi connectivity index (χ4v) is 2.46. The van der Waals surface area contributed by atoms with Gasteiger partial charge < -0.3 is 20.6 Å². The van der Waals surface area contributed by atoms with E-state index in [-0.39, 0.29) is 18.1 Å². The first kappa shape index (κ1) is 17.3. The van der Waals surface area contributed by atoms with E-state index in [0.29, 0.717) is 19.5 Å². The van der Waals surface area contributed by atoms with Gasteiger partial charge in [-0.05, 0) is 30.0 Å². The van der Waals surface area contributed by atoms with Crippen molar-refractivity contribution >= 4 is 11.7 Å². The Labute approximate surface area is 138 Å². The van der Waals surface area contributed by atoms with Crippen LogP contribution in [0, 0.1) is 5.92 Å². The molecule has 3 N–H and O–H groups in total. The molecule has 0 bridgehead atoms. The number of amides is 2. The van der Waals surface area contributed by atoms with Crippen molar-refractivity contribution in [2.75, 3.05) is 24.5 Å². The molecule has 1 aromatic rings. The predicted octanol–water partition coefficient (Wildman–Crippen LogP) is 2.27. The Morgan fingerprint density at radius 3 is 2.70 bits per heavy atom. The summed E-state index contributed by atoms with van der Waals surface area (Å²) in [5, 5.41) is 15.3. The van der Waals surface area contributed by atoms with Gasteiger partial charge in [-0.3, -0.25) is 0 Å². The molecule has 0 saturated carbocycles. The van der Waals surface area contributed by atoms with Crippen molar-refractivity contribution in [2.24, 2.45) is 5.92 Å². The van der Waals surface area contributed by atoms with E-state index < -0.39 is 0 Å². The molecule has 1 aliphatic rings. The van der Waals surface area contributed by atoms with Gasteiger partial charge in [0, 0.05) is 31.9 Å².